The molecule has 0 aromatic heterocycles. The van der Waals surface area contributed by atoms with Gasteiger partial charge in [0.2, 0.25) is 11.7 Å². The maximum absolute atomic E-state index is 13.9. The van der Waals surface area contributed by atoms with Crippen LogP contribution < -0.4 is 0 Å². The zero-order valence-electron chi connectivity index (χ0n) is 13.4. The van der Waals surface area contributed by atoms with Gasteiger partial charge in [-0.25, -0.2) is 8.78 Å². The first-order valence-electron chi connectivity index (χ1n) is 7.10. The number of rotatable bonds is 2. The number of hydrogen-bond donors (Lipinski definition) is 0. The van der Waals surface area contributed by atoms with E-state index >= 15 is 0 Å². The van der Waals surface area contributed by atoms with Crippen molar-refractivity contribution in [2.24, 2.45) is 10.8 Å². The van der Waals surface area contributed by atoms with E-state index in [2.05, 4.69) is 0 Å². The zero-order valence-corrected chi connectivity index (χ0v) is 13.4. The van der Waals surface area contributed by atoms with Crippen LogP contribution in [-0.4, -0.2) is 42.2 Å². The van der Waals surface area contributed by atoms with Crippen molar-refractivity contribution in [3.63, 3.8) is 0 Å². The van der Waals surface area contributed by atoms with Crippen molar-refractivity contribution in [2.75, 3.05) is 13.7 Å². The summed E-state index contributed by atoms with van der Waals surface area (Å²) in [5.74, 6) is -0.995. The highest BCUT2D eigenvalue weighted by molar-refractivity contribution is 6.04. The fraction of sp³-hybridized carbons (Fsp3) is 0.625. The second-order valence-electron chi connectivity index (χ2n) is 7.02. The van der Waals surface area contributed by atoms with Crippen LogP contribution in [0.5, 0.6) is 0 Å². The third-order valence-corrected chi connectivity index (χ3v) is 4.71. The largest absolute Gasteiger partial charge is 0.493 e. The van der Waals surface area contributed by atoms with Crippen LogP contribution in [0.25, 0.3) is 0 Å². The average Bonchev–Trinajstić information content (AvgIpc) is 2.64. The van der Waals surface area contributed by atoms with Gasteiger partial charge in [0, 0.05) is 17.5 Å². The van der Waals surface area contributed by atoms with Gasteiger partial charge in [-0.15, -0.1) is 0 Å². The average molecular weight is 313 g/mol. The van der Waals surface area contributed by atoms with Gasteiger partial charge in [0.15, 0.2) is 5.76 Å². The number of methoxy groups -OCH3 is 1. The predicted octanol–water partition coefficient (Wildman–Crippen LogP) is 2.55. The van der Waals surface area contributed by atoms with Crippen LogP contribution in [0.3, 0.4) is 0 Å². The number of nitrogens with zero attached hydrogens (tertiary/aromatic N) is 1. The molecule has 2 unspecified atom stereocenters. The quantitative estimate of drug-likeness (QED) is 0.787. The number of hydrogen-bond acceptors (Lipinski definition) is 3. The summed E-state index contributed by atoms with van der Waals surface area (Å²) in [6.07, 6.45) is 1.16. The number of allylic oxidation sites excluding steroid dienone is 1. The van der Waals surface area contributed by atoms with E-state index in [9.17, 15) is 18.4 Å². The topological polar surface area (TPSA) is 46.6 Å². The van der Waals surface area contributed by atoms with Gasteiger partial charge in [-0.1, -0.05) is 6.08 Å². The zero-order chi connectivity index (χ0) is 16.9. The van der Waals surface area contributed by atoms with Gasteiger partial charge >= 0.3 is 0 Å². The van der Waals surface area contributed by atoms with Crippen LogP contribution in [0, 0.1) is 10.8 Å². The first kappa shape index (κ1) is 16.6. The molecule has 2 aliphatic rings. The Labute approximate surface area is 128 Å². The standard InChI is InChI=1S/C16H21F2NO3/c1-14(2,3)19-9-16(15(4,12(17)18)13(19)21)7-6-10(20)11(8-16)22-5/h6-8,12H,9H2,1-5H3. The fourth-order valence-corrected chi connectivity index (χ4v) is 3.06. The fourth-order valence-electron chi connectivity index (χ4n) is 3.06. The van der Waals surface area contributed by atoms with Gasteiger partial charge in [0.05, 0.1) is 7.11 Å². The van der Waals surface area contributed by atoms with Crippen molar-refractivity contribution in [1.82, 2.24) is 4.90 Å². The number of alkyl halides is 2. The van der Waals surface area contributed by atoms with Crippen molar-refractivity contribution in [2.45, 2.75) is 39.7 Å². The minimum Gasteiger partial charge on any atom is -0.493 e. The maximum atomic E-state index is 13.9. The third kappa shape index (κ3) is 2.08. The van der Waals surface area contributed by atoms with Crippen LogP contribution in [0.2, 0.25) is 0 Å². The van der Waals surface area contributed by atoms with Gasteiger partial charge in [0.25, 0.3) is 6.43 Å². The molecule has 1 amide bonds. The summed E-state index contributed by atoms with van der Waals surface area (Å²) in [4.78, 5) is 25.9. The lowest BCUT2D eigenvalue weighted by Gasteiger charge is -2.37. The molecular weight excluding hydrogens is 292 g/mol. The van der Waals surface area contributed by atoms with Crippen molar-refractivity contribution in [3.8, 4) is 0 Å². The minimum absolute atomic E-state index is 0.00191. The molecule has 4 nitrogen and oxygen atoms in total. The normalized spacial score (nSPS) is 32.2. The smallest absolute Gasteiger partial charge is 0.253 e. The van der Waals surface area contributed by atoms with Crippen LogP contribution in [-0.2, 0) is 14.3 Å². The Hall–Kier alpha value is -1.72. The molecule has 0 aromatic carbocycles. The Bertz CT molecular complexity index is 576. The summed E-state index contributed by atoms with van der Waals surface area (Å²) >= 11 is 0. The van der Waals surface area contributed by atoms with Crippen LogP contribution >= 0.6 is 0 Å². The highest BCUT2D eigenvalue weighted by Crippen LogP contribution is 2.55. The highest BCUT2D eigenvalue weighted by Gasteiger charge is 2.66. The van der Waals surface area contributed by atoms with Gasteiger partial charge in [-0.2, -0.15) is 0 Å². The Balaban J connectivity index is 2.64. The molecule has 1 aliphatic heterocycles. The van der Waals surface area contributed by atoms with E-state index in [0.29, 0.717) is 0 Å². The summed E-state index contributed by atoms with van der Waals surface area (Å²) < 4.78 is 32.7. The summed E-state index contributed by atoms with van der Waals surface area (Å²) in [5.41, 5.74) is -3.78. The van der Waals surface area contributed by atoms with Gasteiger partial charge in [-0.3, -0.25) is 9.59 Å². The Kier molecular flexibility index (Phi) is 3.70. The van der Waals surface area contributed by atoms with Gasteiger partial charge in [-0.05, 0) is 39.8 Å². The molecule has 0 N–H and O–H groups in total. The van der Waals surface area contributed by atoms with Crippen LogP contribution in [0.4, 0.5) is 8.78 Å². The first-order chi connectivity index (χ1) is 9.99. The number of likely N-dealkylation sites (tertiary alicyclic amines) is 1. The van der Waals surface area contributed by atoms with Crippen molar-refractivity contribution in [3.05, 3.63) is 24.0 Å². The van der Waals surface area contributed by atoms with E-state index in [0.717, 1.165) is 0 Å². The molecule has 1 fully saturated rings. The van der Waals surface area contributed by atoms with Crippen LogP contribution in [0.1, 0.15) is 27.7 Å². The number of amides is 1. The first-order valence-corrected chi connectivity index (χ1v) is 7.10. The minimum atomic E-state index is -2.86. The van der Waals surface area contributed by atoms with E-state index in [1.54, 1.807) is 20.8 Å². The number of ether oxygens (including phenoxy) is 1. The van der Waals surface area contributed by atoms with Crippen molar-refractivity contribution < 1.29 is 23.1 Å². The lowest BCUT2D eigenvalue weighted by atomic mass is 9.64. The summed E-state index contributed by atoms with van der Waals surface area (Å²) in [6, 6.07) is 0. The number of carbonyl (C=O) groups excluding carboxylic acids is 2. The Morgan fingerprint density at radius 1 is 1.32 bits per heavy atom. The lowest BCUT2D eigenvalue weighted by molar-refractivity contribution is -0.148. The molecule has 2 rings (SSSR count). The molecule has 6 heteroatoms. The molecule has 122 valence electrons. The number of carbonyl (C=O) groups is 2. The predicted molar refractivity (Wildman–Crippen MR) is 77.2 cm³/mol. The molecule has 0 bridgehead atoms. The van der Waals surface area contributed by atoms with Crippen molar-refractivity contribution >= 4 is 11.7 Å². The Morgan fingerprint density at radius 3 is 2.36 bits per heavy atom. The van der Waals surface area contributed by atoms with E-state index in [1.807, 2.05) is 0 Å². The summed E-state index contributed by atoms with van der Waals surface area (Å²) in [7, 11) is 1.31. The molecule has 1 heterocycles. The number of halogens is 2. The third-order valence-electron chi connectivity index (χ3n) is 4.71. The van der Waals surface area contributed by atoms with E-state index < -0.39 is 28.7 Å². The van der Waals surface area contributed by atoms with E-state index in [1.165, 1.54) is 37.2 Å². The second kappa shape index (κ2) is 4.89. The number of ketones is 1. The summed E-state index contributed by atoms with van der Waals surface area (Å²) in [5, 5.41) is 0. The molecule has 22 heavy (non-hydrogen) atoms. The van der Waals surface area contributed by atoms with Crippen molar-refractivity contribution in [1.29, 1.82) is 0 Å². The maximum Gasteiger partial charge on any atom is 0.253 e. The lowest BCUT2D eigenvalue weighted by Crippen LogP contribution is -2.48. The molecular formula is C16H21F2NO3. The monoisotopic (exact) mass is 313 g/mol. The molecule has 1 spiro atoms. The molecule has 2 atom stereocenters. The SMILES string of the molecule is COC1=CC2(C=CC1=O)CN(C(C)(C)C)C(=O)C2(C)C(F)F. The second-order valence-corrected chi connectivity index (χ2v) is 7.02. The van der Waals surface area contributed by atoms with Crippen LogP contribution in [0.15, 0.2) is 24.0 Å². The van der Waals surface area contributed by atoms with E-state index in [4.69, 9.17) is 4.74 Å². The molecule has 1 aliphatic carbocycles. The molecule has 0 aromatic rings. The molecule has 0 radical (unpaired) electrons. The highest BCUT2D eigenvalue weighted by atomic mass is 19.3. The van der Waals surface area contributed by atoms with Gasteiger partial charge < -0.3 is 9.64 Å². The molecule has 0 saturated carbocycles. The Morgan fingerprint density at radius 2 is 1.91 bits per heavy atom. The van der Waals surface area contributed by atoms with Gasteiger partial charge in [0.1, 0.15) is 5.41 Å². The van der Waals surface area contributed by atoms with E-state index in [-0.39, 0.29) is 18.1 Å². The molecule has 1 saturated heterocycles. The summed E-state index contributed by atoms with van der Waals surface area (Å²) in [6.45, 7) is 6.75.